The quantitative estimate of drug-likeness (QED) is 0.306. The van der Waals surface area contributed by atoms with Crippen LogP contribution in [0.25, 0.3) is 22.5 Å². The first-order chi connectivity index (χ1) is 17.7. The minimum atomic E-state index is -0.660. The number of nitriles is 1. The van der Waals surface area contributed by atoms with Crippen molar-refractivity contribution in [1.82, 2.24) is 25.0 Å². The molecule has 6 nitrogen and oxygen atoms in total. The molecule has 188 valence electrons. The molecule has 37 heavy (non-hydrogen) atoms. The van der Waals surface area contributed by atoms with Gasteiger partial charge in [0.1, 0.15) is 11.6 Å². The predicted octanol–water partition coefficient (Wildman–Crippen LogP) is 6.43. The van der Waals surface area contributed by atoms with Crippen molar-refractivity contribution < 1.29 is 8.78 Å². The second-order valence-corrected chi connectivity index (χ2v) is 10.2. The van der Waals surface area contributed by atoms with Gasteiger partial charge in [0, 0.05) is 11.8 Å². The summed E-state index contributed by atoms with van der Waals surface area (Å²) in [5.41, 5.74) is 3.32. The molecule has 0 unspecified atom stereocenters. The lowest BCUT2D eigenvalue weighted by Crippen LogP contribution is -2.39. The smallest absolute Gasteiger partial charge is 0.135 e. The zero-order chi connectivity index (χ0) is 26.4. The van der Waals surface area contributed by atoms with Crippen LogP contribution in [0.5, 0.6) is 0 Å². The summed E-state index contributed by atoms with van der Waals surface area (Å²) in [7, 11) is 0. The minimum Gasteiger partial charge on any atom is -0.271 e. The van der Waals surface area contributed by atoms with Crippen LogP contribution in [-0.2, 0) is 12.0 Å². The van der Waals surface area contributed by atoms with E-state index in [1.165, 1.54) is 18.2 Å². The van der Waals surface area contributed by atoms with Crippen LogP contribution in [0.3, 0.4) is 0 Å². The highest BCUT2D eigenvalue weighted by Crippen LogP contribution is 2.61. The van der Waals surface area contributed by atoms with Gasteiger partial charge in [0.15, 0.2) is 0 Å². The van der Waals surface area contributed by atoms with Crippen LogP contribution in [0.15, 0.2) is 54.9 Å². The lowest BCUT2D eigenvalue weighted by Gasteiger charge is -2.41. The van der Waals surface area contributed by atoms with Crippen LogP contribution in [0, 0.1) is 28.4 Å². The average molecular weight is 499 g/mol. The highest BCUT2D eigenvalue weighted by Gasteiger charge is 2.57. The third-order valence-corrected chi connectivity index (χ3v) is 8.10. The van der Waals surface area contributed by atoms with Gasteiger partial charge in [-0.25, -0.2) is 8.78 Å². The van der Waals surface area contributed by atoms with Gasteiger partial charge in [-0.3, -0.25) is 9.67 Å². The maximum absolute atomic E-state index is 14.6. The topological polar surface area (TPSA) is 80.3 Å². The molecule has 0 saturated heterocycles. The Morgan fingerprint density at radius 2 is 1.76 bits per heavy atom. The Bertz CT molecular complexity index is 1500. The van der Waals surface area contributed by atoms with E-state index in [2.05, 4.69) is 49.1 Å². The molecule has 3 heterocycles. The van der Waals surface area contributed by atoms with Crippen molar-refractivity contribution in [3.63, 3.8) is 0 Å². The maximum atomic E-state index is 14.6. The second-order valence-electron chi connectivity index (χ2n) is 10.2. The molecule has 0 saturated carbocycles. The normalized spacial score (nSPS) is 20.0. The van der Waals surface area contributed by atoms with Crippen molar-refractivity contribution in [2.45, 2.75) is 58.4 Å². The molecule has 1 aromatic carbocycles. The van der Waals surface area contributed by atoms with Crippen molar-refractivity contribution in [3.8, 4) is 28.6 Å². The molecular weight excluding hydrogens is 470 g/mol. The zero-order valence-electron chi connectivity index (χ0n) is 21.3. The first-order valence-electron chi connectivity index (χ1n) is 12.4. The Morgan fingerprint density at radius 3 is 2.46 bits per heavy atom. The highest BCUT2D eigenvalue weighted by molar-refractivity contribution is 5.64. The predicted molar refractivity (Wildman–Crippen MR) is 136 cm³/mol. The fourth-order valence-corrected chi connectivity index (χ4v) is 5.81. The van der Waals surface area contributed by atoms with Gasteiger partial charge in [-0.15, -0.1) is 5.10 Å². The number of nitrogens with zero attached hydrogens (tertiary/aromatic N) is 6. The number of aromatic nitrogens is 5. The molecule has 1 aliphatic rings. The molecule has 0 bridgehead atoms. The van der Waals surface area contributed by atoms with Crippen molar-refractivity contribution in [1.29, 1.82) is 5.26 Å². The van der Waals surface area contributed by atoms with Crippen molar-refractivity contribution in [2.75, 3.05) is 0 Å². The van der Waals surface area contributed by atoms with Crippen LogP contribution >= 0.6 is 0 Å². The van der Waals surface area contributed by atoms with Crippen LogP contribution < -0.4 is 0 Å². The Hall–Kier alpha value is -3.99. The molecule has 2 atom stereocenters. The van der Waals surface area contributed by atoms with Crippen molar-refractivity contribution >= 4 is 0 Å². The van der Waals surface area contributed by atoms with E-state index in [4.69, 9.17) is 10.2 Å². The van der Waals surface area contributed by atoms with Gasteiger partial charge in [0.2, 0.25) is 0 Å². The highest BCUT2D eigenvalue weighted by atomic mass is 19.1. The van der Waals surface area contributed by atoms with E-state index in [1.54, 1.807) is 16.9 Å². The largest absolute Gasteiger partial charge is 0.271 e. The van der Waals surface area contributed by atoms with E-state index in [-0.39, 0.29) is 22.6 Å². The third kappa shape index (κ3) is 3.81. The summed E-state index contributed by atoms with van der Waals surface area (Å²) in [6, 6.07) is 13.7. The number of rotatable bonds is 6. The zero-order valence-corrected chi connectivity index (χ0v) is 21.3. The number of pyridine rings is 1. The van der Waals surface area contributed by atoms with Crippen LogP contribution in [0.4, 0.5) is 8.78 Å². The number of fused-ring (bicyclic) bond motifs is 1. The summed E-state index contributed by atoms with van der Waals surface area (Å²) < 4.78 is 30.9. The Balaban J connectivity index is 1.63. The molecule has 3 aromatic heterocycles. The molecule has 0 amide bonds. The summed E-state index contributed by atoms with van der Waals surface area (Å²) in [6.07, 6.45) is 4.85. The average Bonchev–Trinajstić information content (AvgIpc) is 3.42. The van der Waals surface area contributed by atoms with E-state index in [0.29, 0.717) is 13.0 Å². The standard InChI is InChI=1S/C29H28F2N6/c1-5-20-19-15-24(26-21(30)9-6-10-22(26)31)35-36-27(19)29(4,28(20,2)3)25-12-7-11-23(34-25)18-16-33-37(17-18)14-8-13-32/h6-7,9-12,15-17,20H,5,8,14H2,1-4H3/t20-,29-/m0/s1. The van der Waals surface area contributed by atoms with E-state index in [9.17, 15) is 8.78 Å². The minimum absolute atomic E-state index is 0.0794. The number of benzene rings is 1. The van der Waals surface area contributed by atoms with Gasteiger partial charge in [-0.2, -0.15) is 15.5 Å². The summed E-state index contributed by atoms with van der Waals surface area (Å²) in [5, 5.41) is 22.1. The fraction of sp³-hybridized carbons (Fsp3) is 0.345. The summed E-state index contributed by atoms with van der Waals surface area (Å²) in [5.74, 6) is -1.24. The fourth-order valence-electron chi connectivity index (χ4n) is 5.81. The molecule has 0 N–H and O–H groups in total. The third-order valence-electron chi connectivity index (χ3n) is 8.10. The maximum Gasteiger partial charge on any atom is 0.135 e. The van der Waals surface area contributed by atoms with E-state index in [1.807, 2.05) is 24.4 Å². The van der Waals surface area contributed by atoms with Crippen molar-refractivity contribution in [2.24, 2.45) is 5.41 Å². The molecular formula is C29H28F2N6. The first-order valence-corrected chi connectivity index (χ1v) is 12.4. The van der Waals surface area contributed by atoms with Gasteiger partial charge in [0.25, 0.3) is 0 Å². The summed E-state index contributed by atoms with van der Waals surface area (Å²) in [4.78, 5) is 5.06. The second kappa shape index (κ2) is 9.15. The summed E-state index contributed by atoms with van der Waals surface area (Å²) in [6.45, 7) is 9.15. The van der Waals surface area contributed by atoms with E-state index in [0.717, 1.165) is 34.6 Å². The summed E-state index contributed by atoms with van der Waals surface area (Å²) >= 11 is 0. The van der Waals surface area contributed by atoms with Crippen LogP contribution in [0.1, 0.15) is 63.4 Å². The number of hydrogen-bond donors (Lipinski definition) is 0. The Labute approximate surface area is 215 Å². The first kappa shape index (κ1) is 24.7. The molecule has 0 fully saturated rings. The van der Waals surface area contributed by atoms with Crippen LogP contribution in [0.2, 0.25) is 0 Å². The SMILES string of the molecule is CC[C@H]1c2cc(-c3c(F)cccc3F)nnc2[C@](C)(c2cccc(-c3cnn(CCC#N)c3)n2)C1(C)C. The molecule has 5 rings (SSSR count). The number of aryl methyl sites for hydroxylation is 1. The van der Waals surface area contributed by atoms with Crippen molar-refractivity contribution in [3.05, 3.63) is 83.4 Å². The van der Waals surface area contributed by atoms with Gasteiger partial charge in [-0.05, 0) is 60.6 Å². The van der Waals surface area contributed by atoms with Crippen LogP contribution in [-0.4, -0.2) is 25.0 Å². The number of hydrogen-bond acceptors (Lipinski definition) is 5. The molecule has 0 aliphatic heterocycles. The monoisotopic (exact) mass is 498 g/mol. The van der Waals surface area contributed by atoms with E-state index >= 15 is 0 Å². The lowest BCUT2D eigenvalue weighted by molar-refractivity contribution is 0.189. The lowest BCUT2D eigenvalue weighted by atomic mass is 9.62. The van der Waals surface area contributed by atoms with Gasteiger partial charge in [-0.1, -0.05) is 32.9 Å². The molecule has 0 spiro atoms. The Kier molecular flexibility index (Phi) is 6.10. The molecule has 4 aromatic rings. The van der Waals surface area contributed by atoms with Gasteiger partial charge in [0.05, 0.1) is 59.0 Å². The number of halogens is 2. The van der Waals surface area contributed by atoms with Gasteiger partial charge < -0.3 is 0 Å². The van der Waals surface area contributed by atoms with E-state index < -0.39 is 17.0 Å². The molecule has 1 aliphatic carbocycles. The van der Waals surface area contributed by atoms with Gasteiger partial charge >= 0.3 is 0 Å². The molecule has 8 heteroatoms. The Morgan fingerprint density at radius 1 is 1.03 bits per heavy atom. The molecule has 0 radical (unpaired) electrons.